The third-order valence-electron chi connectivity index (χ3n) is 3.52. The van der Waals surface area contributed by atoms with E-state index < -0.39 is 5.84 Å². The summed E-state index contributed by atoms with van der Waals surface area (Å²) in [5.41, 5.74) is 10.1. The van der Waals surface area contributed by atoms with Gasteiger partial charge in [-0.2, -0.15) is 15.5 Å². The van der Waals surface area contributed by atoms with E-state index in [1.807, 2.05) is 18.2 Å². The van der Waals surface area contributed by atoms with Crippen LogP contribution in [0.3, 0.4) is 0 Å². The van der Waals surface area contributed by atoms with Crippen LogP contribution < -0.4 is 11.2 Å². The molecule has 0 aliphatic rings. The Hall–Kier alpha value is -3.73. The van der Waals surface area contributed by atoms with E-state index >= 15 is 0 Å². The number of nitrogens with one attached hydrogen (secondary N) is 2. The van der Waals surface area contributed by atoms with Crippen molar-refractivity contribution >= 4 is 28.1 Å². The van der Waals surface area contributed by atoms with Gasteiger partial charge in [-0.25, -0.2) is 4.39 Å². The molecule has 1 aromatic heterocycles. The molecule has 124 valence electrons. The van der Waals surface area contributed by atoms with E-state index in [9.17, 15) is 4.39 Å². The first-order chi connectivity index (χ1) is 12.1. The highest BCUT2D eigenvalue weighted by atomic mass is 19.1. The summed E-state index contributed by atoms with van der Waals surface area (Å²) < 4.78 is 15.1. The van der Waals surface area contributed by atoms with Crippen molar-refractivity contribution in [3.05, 3.63) is 60.0 Å². The third-order valence-corrected chi connectivity index (χ3v) is 3.52. The molecule has 0 aliphatic heterocycles. The standard InChI is InChI=1S/C17H14FN7/c18-13-3-1-2-11(6-13)10-25-16-5-4-14(7-12(16)9-22-25)23-24-15(8-19)17(20)21/h1-7,9,23H,10H2,(H3,20,21)/b24-15+. The first-order valence-electron chi connectivity index (χ1n) is 7.35. The molecule has 0 aliphatic carbocycles. The molecule has 3 aromatic rings. The molecular formula is C17H14FN7. The summed E-state index contributed by atoms with van der Waals surface area (Å²) in [6, 6.07) is 13.5. The summed E-state index contributed by atoms with van der Waals surface area (Å²) in [5.74, 6) is -0.684. The van der Waals surface area contributed by atoms with Crippen LogP contribution in [0, 0.1) is 22.6 Å². The first-order valence-corrected chi connectivity index (χ1v) is 7.35. The molecule has 0 fully saturated rings. The maximum atomic E-state index is 13.3. The topological polar surface area (TPSA) is 116 Å². The molecule has 2 aromatic carbocycles. The van der Waals surface area contributed by atoms with Crippen LogP contribution in [0.2, 0.25) is 0 Å². The lowest BCUT2D eigenvalue weighted by atomic mass is 10.2. The quantitative estimate of drug-likeness (QED) is 0.377. The van der Waals surface area contributed by atoms with Crippen LogP contribution in [-0.4, -0.2) is 21.3 Å². The molecule has 25 heavy (non-hydrogen) atoms. The molecule has 0 bridgehead atoms. The molecule has 8 heteroatoms. The molecule has 0 saturated carbocycles. The largest absolute Gasteiger partial charge is 0.382 e. The Morgan fingerprint density at radius 2 is 2.20 bits per heavy atom. The number of nitrogens with two attached hydrogens (primary N) is 1. The lowest BCUT2D eigenvalue weighted by Crippen LogP contribution is -2.21. The van der Waals surface area contributed by atoms with Crippen molar-refractivity contribution in [3.63, 3.8) is 0 Å². The molecule has 4 N–H and O–H groups in total. The van der Waals surface area contributed by atoms with Crippen LogP contribution in [0.4, 0.5) is 10.1 Å². The molecule has 3 rings (SSSR count). The molecule has 0 saturated heterocycles. The molecule has 0 unspecified atom stereocenters. The number of rotatable bonds is 5. The van der Waals surface area contributed by atoms with Crippen LogP contribution in [0.1, 0.15) is 5.56 Å². The van der Waals surface area contributed by atoms with E-state index in [1.54, 1.807) is 29.1 Å². The second-order valence-corrected chi connectivity index (χ2v) is 5.30. The van der Waals surface area contributed by atoms with Crippen molar-refractivity contribution in [3.8, 4) is 6.07 Å². The fourth-order valence-corrected chi connectivity index (χ4v) is 2.36. The average Bonchev–Trinajstić information content (AvgIpc) is 2.97. The maximum Gasteiger partial charge on any atom is 0.201 e. The minimum atomic E-state index is -0.404. The highest BCUT2D eigenvalue weighted by molar-refractivity contribution is 6.45. The van der Waals surface area contributed by atoms with E-state index in [0.717, 1.165) is 16.5 Å². The molecule has 1 heterocycles. The van der Waals surface area contributed by atoms with Gasteiger partial charge in [0.25, 0.3) is 0 Å². The van der Waals surface area contributed by atoms with Gasteiger partial charge in [0.2, 0.25) is 5.71 Å². The molecular weight excluding hydrogens is 321 g/mol. The molecule has 0 radical (unpaired) electrons. The predicted molar refractivity (Wildman–Crippen MR) is 93.8 cm³/mol. The van der Waals surface area contributed by atoms with E-state index in [1.165, 1.54) is 12.1 Å². The van der Waals surface area contributed by atoms with Crippen LogP contribution >= 0.6 is 0 Å². The summed E-state index contributed by atoms with van der Waals surface area (Å²) in [5, 5.41) is 25.0. The van der Waals surface area contributed by atoms with Gasteiger partial charge in [-0.05, 0) is 35.9 Å². The summed E-state index contributed by atoms with van der Waals surface area (Å²) in [6.07, 6.45) is 1.69. The van der Waals surface area contributed by atoms with Crippen molar-refractivity contribution in [2.75, 3.05) is 5.43 Å². The van der Waals surface area contributed by atoms with Crippen molar-refractivity contribution in [1.29, 1.82) is 10.7 Å². The number of amidine groups is 1. The van der Waals surface area contributed by atoms with Crippen LogP contribution in [0.25, 0.3) is 10.9 Å². The van der Waals surface area contributed by atoms with Crippen LogP contribution in [-0.2, 0) is 6.54 Å². The maximum absolute atomic E-state index is 13.3. The van der Waals surface area contributed by atoms with E-state index in [-0.39, 0.29) is 11.5 Å². The van der Waals surface area contributed by atoms with Gasteiger partial charge in [0, 0.05) is 5.39 Å². The van der Waals surface area contributed by atoms with Gasteiger partial charge in [0.15, 0.2) is 5.84 Å². The lowest BCUT2D eigenvalue weighted by Gasteiger charge is -2.05. The Bertz CT molecular complexity index is 1010. The minimum absolute atomic E-state index is 0.193. The van der Waals surface area contributed by atoms with Crippen LogP contribution in [0.5, 0.6) is 0 Å². The fraction of sp³-hybridized carbons (Fsp3) is 0.0588. The second-order valence-electron chi connectivity index (χ2n) is 5.30. The van der Waals surface area contributed by atoms with Crippen molar-refractivity contribution in [2.45, 2.75) is 6.54 Å². The first kappa shape index (κ1) is 16.1. The number of hydrazone groups is 1. The summed E-state index contributed by atoms with van der Waals surface area (Å²) in [6.45, 7) is 0.453. The molecule has 0 spiro atoms. The Morgan fingerprint density at radius 1 is 1.36 bits per heavy atom. The predicted octanol–water partition coefficient (Wildman–Crippen LogP) is 2.45. The zero-order valence-corrected chi connectivity index (χ0v) is 13.1. The Morgan fingerprint density at radius 3 is 2.92 bits per heavy atom. The Kier molecular flexibility index (Phi) is 4.39. The van der Waals surface area contributed by atoms with Crippen molar-refractivity contribution in [2.24, 2.45) is 10.8 Å². The van der Waals surface area contributed by atoms with Gasteiger partial charge in [-0.3, -0.25) is 15.5 Å². The van der Waals surface area contributed by atoms with Gasteiger partial charge in [-0.15, -0.1) is 0 Å². The van der Waals surface area contributed by atoms with E-state index in [4.69, 9.17) is 16.4 Å². The lowest BCUT2D eigenvalue weighted by molar-refractivity contribution is 0.621. The van der Waals surface area contributed by atoms with Gasteiger partial charge >= 0.3 is 0 Å². The number of hydrogen-bond acceptors (Lipinski definition) is 5. The fourth-order valence-electron chi connectivity index (χ4n) is 2.36. The summed E-state index contributed by atoms with van der Waals surface area (Å²) in [7, 11) is 0. The number of halogens is 1. The van der Waals surface area contributed by atoms with Gasteiger partial charge < -0.3 is 5.73 Å². The van der Waals surface area contributed by atoms with Crippen molar-refractivity contribution in [1.82, 2.24) is 9.78 Å². The van der Waals surface area contributed by atoms with Crippen molar-refractivity contribution < 1.29 is 4.39 Å². The number of aromatic nitrogens is 2. The molecule has 7 nitrogen and oxygen atoms in total. The third kappa shape index (κ3) is 3.61. The Labute approximate surface area is 142 Å². The second kappa shape index (κ2) is 6.80. The number of benzene rings is 2. The average molecular weight is 335 g/mol. The molecule has 0 atom stereocenters. The zero-order chi connectivity index (χ0) is 17.8. The van der Waals surface area contributed by atoms with Gasteiger partial charge in [-0.1, -0.05) is 12.1 Å². The number of fused-ring (bicyclic) bond motifs is 1. The van der Waals surface area contributed by atoms with E-state index in [2.05, 4.69) is 15.6 Å². The van der Waals surface area contributed by atoms with Gasteiger partial charge in [0.1, 0.15) is 11.9 Å². The number of nitriles is 1. The normalized spacial score (nSPS) is 11.3. The zero-order valence-electron chi connectivity index (χ0n) is 13.1. The minimum Gasteiger partial charge on any atom is -0.382 e. The number of anilines is 1. The highest BCUT2D eigenvalue weighted by Gasteiger charge is 2.06. The SMILES string of the molecule is N#C/C(=N\Nc1ccc2c(cnn2Cc2cccc(F)c2)c1)C(=N)N. The summed E-state index contributed by atoms with van der Waals surface area (Å²) >= 11 is 0. The van der Waals surface area contributed by atoms with Crippen LogP contribution in [0.15, 0.2) is 53.8 Å². The smallest absolute Gasteiger partial charge is 0.201 e. The summed E-state index contributed by atoms with van der Waals surface area (Å²) in [4.78, 5) is 0. The van der Waals surface area contributed by atoms with Gasteiger partial charge in [0.05, 0.1) is 23.9 Å². The van der Waals surface area contributed by atoms with E-state index in [0.29, 0.717) is 12.2 Å². The number of hydrogen-bond donors (Lipinski definition) is 3. The Balaban J connectivity index is 1.84. The number of nitrogens with zero attached hydrogens (tertiary/aromatic N) is 4. The highest BCUT2D eigenvalue weighted by Crippen LogP contribution is 2.20. The monoisotopic (exact) mass is 335 g/mol. The molecule has 0 amide bonds.